The molecular formula is C10H22N4O. The highest BCUT2D eigenvalue weighted by atomic mass is 16.5. The number of morpholine rings is 1. The van der Waals surface area contributed by atoms with Crippen molar-refractivity contribution in [1.82, 2.24) is 10.3 Å². The number of ether oxygens (including phenoxy) is 1. The number of nitrogens with two attached hydrogens (primary N) is 1. The maximum atomic E-state index is 5.51. The smallest absolute Gasteiger partial charge is 0.209 e. The molecule has 1 saturated heterocycles. The van der Waals surface area contributed by atoms with Crippen molar-refractivity contribution in [1.29, 1.82) is 0 Å². The van der Waals surface area contributed by atoms with Gasteiger partial charge in [-0.3, -0.25) is 5.43 Å². The van der Waals surface area contributed by atoms with E-state index in [9.17, 15) is 0 Å². The van der Waals surface area contributed by atoms with Crippen LogP contribution >= 0.6 is 0 Å². The van der Waals surface area contributed by atoms with Crippen LogP contribution in [0.25, 0.3) is 0 Å². The van der Waals surface area contributed by atoms with Gasteiger partial charge in [-0.1, -0.05) is 6.92 Å². The highest BCUT2D eigenvalue weighted by molar-refractivity contribution is 5.80. The molecule has 88 valence electrons. The minimum Gasteiger partial charge on any atom is -0.377 e. The van der Waals surface area contributed by atoms with Crippen molar-refractivity contribution in [3.05, 3.63) is 0 Å². The standard InChI is InChI=1S/C10H22N4O/c1-4-9-7-15-6-5-14(9)10(13-11)12-8(2)3/h8-9H,4-7,11H2,1-3H3,(H,12,13). The van der Waals surface area contributed by atoms with Gasteiger partial charge in [0.1, 0.15) is 0 Å². The van der Waals surface area contributed by atoms with Crippen molar-refractivity contribution < 1.29 is 4.74 Å². The predicted octanol–water partition coefficient (Wildman–Crippen LogP) is 0.325. The Morgan fingerprint density at radius 3 is 2.93 bits per heavy atom. The van der Waals surface area contributed by atoms with Crippen molar-refractivity contribution >= 4 is 5.96 Å². The summed E-state index contributed by atoms with van der Waals surface area (Å²) in [6.07, 6.45) is 1.04. The van der Waals surface area contributed by atoms with Crippen molar-refractivity contribution in [2.45, 2.75) is 39.3 Å². The van der Waals surface area contributed by atoms with Crippen LogP contribution in [-0.2, 0) is 4.74 Å². The van der Waals surface area contributed by atoms with E-state index in [4.69, 9.17) is 10.6 Å². The molecule has 1 fully saturated rings. The molecule has 0 aromatic heterocycles. The van der Waals surface area contributed by atoms with E-state index in [0.29, 0.717) is 6.04 Å². The lowest BCUT2D eigenvalue weighted by atomic mass is 10.2. The van der Waals surface area contributed by atoms with Gasteiger partial charge in [0.25, 0.3) is 0 Å². The highest BCUT2D eigenvalue weighted by Crippen LogP contribution is 2.10. The fourth-order valence-electron chi connectivity index (χ4n) is 1.71. The Hall–Kier alpha value is -0.810. The number of nitrogens with zero attached hydrogens (tertiary/aromatic N) is 2. The highest BCUT2D eigenvalue weighted by Gasteiger charge is 2.24. The number of hydrogen-bond donors (Lipinski definition) is 2. The third-order valence-electron chi connectivity index (χ3n) is 2.48. The summed E-state index contributed by atoms with van der Waals surface area (Å²) in [6, 6.07) is 0.628. The van der Waals surface area contributed by atoms with E-state index in [1.54, 1.807) is 0 Å². The molecule has 15 heavy (non-hydrogen) atoms. The molecule has 5 nitrogen and oxygen atoms in total. The van der Waals surface area contributed by atoms with Gasteiger partial charge in [0.05, 0.1) is 19.3 Å². The van der Waals surface area contributed by atoms with Gasteiger partial charge in [-0.15, -0.1) is 0 Å². The molecule has 1 aliphatic rings. The third-order valence-corrected chi connectivity index (χ3v) is 2.48. The normalized spacial score (nSPS) is 23.4. The van der Waals surface area contributed by atoms with Crippen molar-refractivity contribution in [3.8, 4) is 0 Å². The largest absolute Gasteiger partial charge is 0.377 e. The van der Waals surface area contributed by atoms with Crippen LogP contribution in [0.15, 0.2) is 4.99 Å². The van der Waals surface area contributed by atoms with Crippen molar-refractivity contribution in [2.24, 2.45) is 10.8 Å². The van der Waals surface area contributed by atoms with Crippen LogP contribution < -0.4 is 11.3 Å². The molecule has 1 rings (SSSR count). The summed E-state index contributed by atoms with van der Waals surface area (Å²) in [7, 11) is 0. The van der Waals surface area contributed by atoms with Gasteiger partial charge in [-0.25, -0.2) is 10.8 Å². The second-order valence-corrected chi connectivity index (χ2v) is 4.02. The zero-order valence-corrected chi connectivity index (χ0v) is 9.86. The SMILES string of the molecule is CCC1COCCN1C(=NC(C)C)NN. The summed E-state index contributed by atoms with van der Waals surface area (Å²) < 4.78 is 5.44. The molecule has 0 amide bonds. The average molecular weight is 214 g/mol. The Bertz CT molecular complexity index is 217. The molecule has 3 N–H and O–H groups in total. The molecule has 0 bridgehead atoms. The van der Waals surface area contributed by atoms with Gasteiger partial charge in [0, 0.05) is 12.6 Å². The van der Waals surface area contributed by atoms with Crippen LogP contribution in [0.1, 0.15) is 27.2 Å². The summed E-state index contributed by atoms with van der Waals surface area (Å²) in [5.74, 6) is 6.28. The third kappa shape index (κ3) is 3.35. The van der Waals surface area contributed by atoms with Gasteiger partial charge in [0.15, 0.2) is 0 Å². The van der Waals surface area contributed by atoms with Crippen LogP contribution in [-0.4, -0.2) is 42.7 Å². The van der Waals surface area contributed by atoms with Crippen LogP contribution in [0.3, 0.4) is 0 Å². The summed E-state index contributed by atoms with van der Waals surface area (Å²) >= 11 is 0. The Morgan fingerprint density at radius 2 is 2.40 bits per heavy atom. The molecule has 1 atom stereocenters. The van der Waals surface area contributed by atoms with Crippen LogP contribution in [0.5, 0.6) is 0 Å². The van der Waals surface area contributed by atoms with E-state index >= 15 is 0 Å². The molecule has 0 radical (unpaired) electrons. The van der Waals surface area contributed by atoms with Gasteiger partial charge in [-0.05, 0) is 20.3 Å². The first-order chi connectivity index (χ1) is 7.19. The summed E-state index contributed by atoms with van der Waals surface area (Å²) in [6.45, 7) is 8.59. The van der Waals surface area contributed by atoms with E-state index in [1.807, 2.05) is 13.8 Å². The average Bonchev–Trinajstić information content (AvgIpc) is 2.25. The van der Waals surface area contributed by atoms with E-state index < -0.39 is 0 Å². The molecule has 0 saturated carbocycles. The minimum absolute atomic E-state index is 0.247. The quantitative estimate of drug-likeness (QED) is 0.301. The van der Waals surface area contributed by atoms with Gasteiger partial charge < -0.3 is 9.64 Å². The Kier molecular flexibility index (Phi) is 4.84. The first-order valence-corrected chi connectivity index (χ1v) is 5.57. The molecule has 1 aliphatic heterocycles. The van der Waals surface area contributed by atoms with Crippen molar-refractivity contribution in [2.75, 3.05) is 19.8 Å². The maximum absolute atomic E-state index is 5.51. The van der Waals surface area contributed by atoms with Crippen molar-refractivity contribution in [3.63, 3.8) is 0 Å². The molecule has 0 aliphatic carbocycles. The Labute approximate surface area is 91.6 Å². The zero-order valence-electron chi connectivity index (χ0n) is 9.86. The molecule has 5 heteroatoms. The molecule has 0 aromatic carbocycles. The first kappa shape index (κ1) is 12.3. The first-order valence-electron chi connectivity index (χ1n) is 5.57. The monoisotopic (exact) mass is 214 g/mol. The number of hydrogen-bond acceptors (Lipinski definition) is 3. The van der Waals surface area contributed by atoms with Gasteiger partial charge in [-0.2, -0.15) is 0 Å². The Morgan fingerprint density at radius 1 is 1.67 bits per heavy atom. The van der Waals surface area contributed by atoms with E-state index in [0.717, 1.165) is 32.1 Å². The molecule has 1 heterocycles. The Balaban J connectivity index is 2.72. The minimum atomic E-state index is 0.247. The topological polar surface area (TPSA) is 62.9 Å². The second-order valence-electron chi connectivity index (χ2n) is 4.02. The van der Waals surface area contributed by atoms with Crippen LogP contribution in [0.4, 0.5) is 0 Å². The number of guanidine groups is 1. The van der Waals surface area contributed by atoms with E-state index in [1.165, 1.54) is 0 Å². The summed E-state index contributed by atoms with van der Waals surface area (Å²) in [5.41, 5.74) is 2.69. The zero-order chi connectivity index (χ0) is 11.3. The van der Waals surface area contributed by atoms with Gasteiger partial charge >= 0.3 is 0 Å². The van der Waals surface area contributed by atoms with Gasteiger partial charge in [0.2, 0.25) is 5.96 Å². The molecule has 1 unspecified atom stereocenters. The van der Waals surface area contributed by atoms with Crippen LogP contribution in [0, 0.1) is 0 Å². The number of hydrazine groups is 1. The lowest BCUT2D eigenvalue weighted by Crippen LogP contribution is -2.54. The van der Waals surface area contributed by atoms with E-state index in [-0.39, 0.29) is 6.04 Å². The predicted molar refractivity (Wildman–Crippen MR) is 61.5 cm³/mol. The van der Waals surface area contributed by atoms with Crippen LogP contribution in [0.2, 0.25) is 0 Å². The number of rotatable bonds is 2. The number of nitrogens with one attached hydrogen (secondary N) is 1. The lowest BCUT2D eigenvalue weighted by molar-refractivity contribution is 0.0233. The van der Waals surface area contributed by atoms with E-state index in [2.05, 4.69) is 22.2 Å². The lowest BCUT2D eigenvalue weighted by Gasteiger charge is -2.37. The molecule has 0 spiro atoms. The summed E-state index contributed by atoms with van der Waals surface area (Å²) in [4.78, 5) is 6.67. The maximum Gasteiger partial charge on any atom is 0.209 e. The second kappa shape index (κ2) is 5.92. The fourth-order valence-corrected chi connectivity index (χ4v) is 1.71. The molecule has 0 aromatic rings. The fraction of sp³-hybridized carbons (Fsp3) is 0.900. The number of aliphatic imine (C=N–C) groups is 1. The molecular weight excluding hydrogens is 192 g/mol. The summed E-state index contributed by atoms with van der Waals surface area (Å²) in [5, 5.41) is 0.